The second-order valence-electron chi connectivity index (χ2n) is 7.09. The van der Waals surface area contributed by atoms with Crippen LogP contribution >= 0.6 is 0 Å². The second kappa shape index (κ2) is 7.22. The zero-order chi connectivity index (χ0) is 19.8. The van der Waals surface area contributed by atoms with Crippen molar-refractivity contribution in [1.29, 1.82) is 0 Å². The van der Waals surface area contributed by atoms with Crippen molar-refractivity contribution >= 4 is 16.9 Å². The predicted octanol–water partition coefficient (Wildman–Crippen LogP) is 4.24. The van der Waals surface area contributed by atoms with Gasteiger partial charge in [-0.2, -0.15) is 0 Å². The lowest BCUT2D eigenvalue weighted by Crippen LogP contribution is -2.36. The van der Waals surface area contributed by atoms with Crippen molar-refractivity contribution in [3.63, 3.8) is 0 Å². The van der Waals surface area contributed by atoms with E-state index in [1.807, 2.05) is 11.0 Å². The van der Waals surface area contributed by atoms with Crippen molar-refractivity contribution in [1.82, 2.24) is 14.9 Å². The molecule has 28 heavy (non-hydrogen) atoms. The summed E-state index contributed by atoms with van der Waals surface area (Å²) in [5.41, 5.74) is 2.12. The lowest BCUT2D eigenvalue weighted by Gasteiger charge is -2.30. The number of benzene rings is 1. The number of halogens is 2. The number of H-pyrrole nitrogens is 1. The van der Waals surface area contributed by atoms with Gasteiger partial charge in [0.15, 0.2) is 0 Å². The van der Waals surface area contributed by atoms with Crippen LogP contribution in [0.1, 0.15) is 31.4 Å². The smallest absolute Gasteiger partial charge is 0.219 e. The highest BCUT2D eigenvalue weighted by Gasteiger charge is 2.25. The maximum atomic E-state index is 14.7. The first-order valence-electron chi connectivity index (χ1n) is 9.24. The molecule has 1 aromatic carbocycles. The van der Waals surface area contributed by atoms with Gasteiger partial charge < -0.3 is 14.6 Å². The number of pyridine rings is 1. The number of piperidine rings is 1. The Labute approximate surface area is 161 Å². The number of hydrogen-bond acceptors (Lipinski definition) is 3. The number of nitrogens with zero attached hydrogens (tertiary/aromatic N) is 2. The van der Waals surface area contributed by atoms with Crippen LogP contribution in [0.15, 0.2) is 30.5 Å². The van der Waals surface area contributed by atoms with E-state index in [1.54, 1.807) is 6.92 Å². The van der Waals surface area contributed by atoms with Gasteiger partial charge in [0.05, 0.1) is 13.3 Å². The third kappa shape index (κ3) is 3.21. The normalized spacial score (nSPS) is 15.2. The van der Waals surface area contributed by atoms with Crippen LogP contribution in [0.5, 0.6) is 5.75 Å². The number of amides is 1. The van der Waals surface area contributed by atoms with Crippen LogP contribution in [0, 0.1) is 11.6 Å². The topological polar surface area (TPSA) is 58.2 Å². The summed E-state index contributed by atoms with van der Waals surface area (Å²) in [4.78, 5) is 20.8. The van der Waals surface area contributed by atoms with Crippen molar-refractivity contribution < 1.29 is 18.3 Å². The third-order valence-electron chi connectivity index (χ3n) is 5.44. The molecule has 0 saturated carbocycles. The number of nitrogens with one attached hydrogen (secondary N) is 1. The molecule has 5 nitrogen and oxygen atoms in total. The highest BCUT2D eigenvalue weighted by atomic mass is 19.1. The molecule has 1 fully saturated rings. The molecule has 1 aliphatic heterocycles. The van der Waals surface area contributed by atoms with E-state index in [1.165, 1.54) is 25.3 Å². The Bertz CT molecular complexity index is 1040. The van der Waals surface area contributed by atoms with Gasteiger partial charge in [-0.15, -0.1) is 0 Å². The average molecular weight is 385 g/mol. The molecule has 0 spiro atoms. The van der Waals surface area contributed by atoms with Gasteiger partial charge in [0.25, 0.3) is 0 Å². The number of rotatable bonds is 3. The van der Waals surface area contributed by atoms with Crippen LogP contribution in [-0.2, 0) is 4.79 Å². The van der Waals surface area contributed by atoms with Gasteiger partial charge in [0.2, 0.25) is 5.91 Å². The number of hydrogen-bond donors (Lipinski definition) is 1. The molecule has 1 saturated heterocycles. The van der Waals surface area contributed by atoms with Crippen molar-refractivity contribution in [2.45, 2.75) is 25.7 Å². The molecule has 3 heterocycles. The average Bonchev–Trinajstić information content (AvgIpc) is 3.12. The molecule has 0 unspecified atom stereocenters. The van der Waals surface area contributed by atoms with Gasteiger partial charge in [-0.1, -0.05) is 0 Å². The molecular formula is C21H21F2N3O2. The second-order valence-corrected chi connectivity index (χ2v) is 7.09. The minimum Gasteiger partial charge on any atom is -0.496 e. The van der Waals surface area contributed by atoms with Crippen molar-refractivity contribution in [3.8, 4) is 16.9 Å². The summed E-state index contributed by atoms with van der Waals surface area (Å²) in [5.74, 6) is -0.291. The van der Waals surface area contributed by atoms with Crippen LogP contribution < -0.4 is 4.74 Å². The van der Waals surface area contributed by atoms with Gasteiger partial charge in [-0.3, -0.25) is 4.79 Å². The molecule has 146 valence electrons. The van der Waals surface area contributed by atoms with E-state index in [-0.39, 0.29) is 17.4 Å². The van der Waals surface area contributed by atoms with Crippen LogP contribution in [0.2, 0.25) is 0 Å². The number of aromatic nitrogens is 2. The fourth-order valence-electron chi connectivity index (χ4n) is 3.95. The number of fused-ring (bicyclic) bond motifs is 1. The highest BCUT2D eigenvalue weighted by molar-refractivity contribution is 5.95. The van der Waals surface area contributed by atoms with Crippen LogP contribution in [-0.4, -0.2) is 41.0 Å². The molecule has 0 atom stereocenters. The van der Waals surface area contributed by atoms with Crippen LogP contribution in [0.4, 0.5) is 8.78 Å². The molecule has 1 amide bonds. The number of carbonyl (C=O) groups excluding carboxylic acids is 1. The fraction of sp³-hybridized carbons (Fsp3) is 0.333. The first-order chi connectivity index (χ1) is 13.5. The van der Waals surface area contributed by atoms with Crippen molar-refractivity contribution in [2.24, 2.45) is 0 Å². The number of carbonyl (C=O) groups is 1. The van der Waals surface area contributed by atoms with E-state index in [0.717, 1.165) is 24.7 Å². The minimum absolute atomic E-state index is 0.0827. The lowest BCUT2D eigenvalue weighted by molar-refractivity contribution is -0.129. The van der Waals surface area contributed by atoms with E-state index in [4.69, 9.17) is 4.74 Å². The first-order valence-corrected chi connectivity index (χ1v) is 9.24. The monoisotopic (exact) mass is 385 g/mol. The van der Waals surface area contributed by atoms with E-state index in [9.17, 15) is 13.6 Å². The van der Waals surface area contributed by atoms with E-state index < -0.39 is 11.6 Å². The summed E-state index contributed by atoms with van der Waals surface area (Å²) >= 11 is 0. The Hall–Kier alpha value is -2.96. The number of methoxy groups -OCH3 is 1. The third-order valence-corrected chi connectivity index (χ3v) is 5.44. The minimum atomic E-state index is -0.534. The zero-order valence-corrected chi connectivity index (χ0v) is 15.8. The van der Waals surface area contributed by atoms with Gasteiger partial charge in [-0.25, -0.2) is 13.8 Å². The van der Waals surface area contributed by atoms with E-state index in [2.05, 4.69) is 9.97 Å². The molecule has 2 aromatic heterocycles. The summed E-state index contributed by atoms with van der Waals surface area (Å²) < 4.78 is 33.9. The van der Waals surface area contributed by atoms with Gasteiger partial charge in [-0.05, 0) is 37.1 Å². The van der Waals surface area contributed by atoms with Crippen LogP contribution in [0.3, 0.4) is 0 Å². The maximum absolute atomic E-state index is 14.7. The van der Waals surface area contributed by atoms with Gasteiger partial charge in [0.1, 0.15) is 23.0 Å². The molecule has 1 aliphatic rings. The van der Waals surface area contributed by atoms with Crippen molar-refractivity contribution in [3.05, 3.63) is 47.8 Å². The molecule has 1 N–H and O–H groups in total. The predicted molar refractivity (Wildman–Crippen MR) is 102 cm³/mol. The Balaban J connectivity index is 1.77. The Kier molecular flexibility index (Phi) is 4.75. The van der Waals surface area contributed by atoms with Gasteiger partial charge >= 0.3 is 0 Å². The highest BCUT2D eigenvalue weighted by Crippen LogP contribution is 2.39. The largest absolute Gasteiger partial charge is 0.496 e. The summed E-state index contributed by atoms with van der Waals surface area (Å²) in [6, 6.07) is 5.93. The molecule has 0 bridgehead atoms. The fourth-order valence-corrected chi connectivity index (χ4v) is 3.95. The lowest BCUT2D eigenvalue weighted by atomic mass is 9.93. The summed E-state index contributed by atoms with van der Waals surface area (Å²) in [6.07, 6.45) is 2.79. The Morgan fingerprint density at radius 1 is 1.25 bits per heavy atom. The summed E-state index contributed by atoms with van der Waals surface area (Å²) in [7, 11) is 1.47. The summed E-state index contributed by atoms with van der Waals surface area (Å²) in [6.45, 7) is 2.97. The van der Waals surface area contributed by atoms with Crippen LogP contribution in [0.25, 0.3) is 22.2 Å². The number of ether oxygens (including phenoxy) is 1. The number of likely N-dealkylation sites (tertiary alicyclic amines) is 1. The molecule has 4 rings (SSSR count). The SMILES string of the molecule is COc1ccc(F)cc1-c1c(F)cnc2[nH]c(C3CCN(C(C)=O)CC3)cc12. The first kappa shape index (κ1) is 18.4. The standard InChI is InChI=1S/C21H21F2N3O2/c1-12(27)26-7-5-13(6-8-26)18-10-16-20(17(23)11-24-21(16)25-18)15-9-14(22)3-4-19(15)28-2/h3-4,9-11,13H,5-8H2,1-2H3,(H,24,25). The van der Waals surface area contributed by atoms with E-state index in [0.29, 0.717) is 35.4 Å². The Morgan fingerprint density at radius 2 is 2.00 bits per heavy atom. The number of aromatic amines is 1. The molecule has 0 radical (unpaired) electrons. The molecule has 7 heteroatoms. The molecular weight excluding hydrogens is 364 g/mol. The maximum Gasteiger partial charge on any atom is 0.219 e. The quantitative estimate of drug-likeness (QED) is 0.734. The zero-order valence-electron chi connectivity index (χ0n) is 15.8. The molecule has 0 aliphatic carbocycles. The van der Waals surface area contributed by atoms with Gasteiger partial charge in [0, 0.05) is 48.1 Å². The van der Waals surface area contributed by atoms with E-state index >= 15 is 0 Å². The Morgan fingerprint density at radius 3 is 2.68 bits per heavy atom. The molecule has 3 aromatic rings. The summed E-state index contributed by atoms with van der Waals surface area (Å²) in [5, 5.41) is 0.591. The van der Waals surface area contributed by atoms with Crippen molar-refractivity contribution in [2.75, 3.05) is 20.2 Å².